The Morgan fingerprint density at radius 3 is 2.24 bits per heavy atom. The molecule has 3 nitrogen and oxygen atoms in total. The lowest BCUT2D eigenvalue weighted by molar-refractivity contribution is -0.193. The highest BCUT2D eigenvalue weighted by atomic mass is 19.4. The molecule has 0 bridgehead atoms. The summed E-state index contributed by atoms with van der Waals surface area (Å²) in [6.45, 7) is 4.72. The number of rotatable bonds is 4. The maximum Gasteiger partial charge on any atom is 0.405 e. The third kappa shape index (κ3) is 4.12. The van der Waals surface area contributed by atoms with Crippen molar-refractivity contribution in [2.24, 2.45) is 5.73 Å². The molecule has 1 rings (SSSR count). The van der Waals surface area contributed by atoms with Crippen molar-refractivity contribution < 1.29 is 17.9 Å². The molecule has 0 saturated carbocycles. The van der Waals surface area contributed by atoms with E-state index < -0.39 is 18.3 Å². The summed E-state index contributed by atoms with van der Waals surface area (Å²) in [5, 5.41) is 0. The number of alkyl halides is 3. The molecule has 1 saturated heterocycles. The van der Waals surface area contributed by atoms with Crippen molar-refractivity contribution in [3.05, 3.63) is 0 Å². The first-order valence-corrected chi connectivity index (χ1v) is 6.04. The maximum absolute atomic E-state index is 12.8. The summed E-state index contributed by atoms with van der Waals surface area (Å²) in [5.74, 6) is 0. The number of halogens is 3. The van der Waals surface area contributed by atoms with E-state index in [1.807, 2.05) is 6.92 Å². The second-order valence-electron chi connectivity index (χ2n) is 4.54. The lowest BCUT2D eigenvalue weighted by atomic mass is 10.0. The van der Waals surface area contributed by atoms with E-state index in [1.165, 1.54) is 11.8 Å². The first-order chi connectivity index (χ1) is 7.86. The number of hydrogen-bond acceptors (Lipinski definition) is 3. The molecular formula is C11H21F3N2O. The number of ether oxygens (including phenoxy) is 1. The number of piperidine rings is 1. The minimum Gasteiger partial charge on any atom is -0.378 e. The molecule has 1 fully saturated rings. The molecule has 0 aromatic heterocycles. The highest BCUT2D eigenvalue weighted by molar-refractivity contribution is 4.88. The van der Waals surface area contributed by atoms with E-state index >= 15 is 0 Å². The average Bonchev–Trinajstić information content (AvgIpc) is 2.18. The fourth-order valence-electron chi connectivity index (χ4n) is 2.39. The zero-order valence-electron chi connectivity index (χ0n) is 10.3. The fraction of sp³-hybridized carbons (Fsp3) is 1.00. The monoisotopic (exact) mass is 254 g/mol. The Hall–Kier alpha value is -0.330. The van der Waals surface area contributed by atoms with Crippen LogP contribution in [0, 0.1) is 0 Å². The molecular weight excluding hydrogens is 233 g/mol. The average molecular weight is 254 g/mol. The van der Waals surface area contributed by atoms with Crippen LogP contribution in [0.5, 0.6) is 0 Å². The van der Waals surface area contributed by atoms with Crippen LogP contribution in [0.4, 0.5) is 13.2 Å². The molecule has 17 heavy (non-hydrogen) atoms. The summed E-state index contributed by atoms with van der Waals surface area (Å²) in [7, 11) is 0. The van der Waals surface area contributed by atoms with Crippen LogP contribution in [0.15, 0.2) is 0 Å². The molecule has 2 N–H and O–H groups in total. The summed E-state index contributed by atoms with van der Waals surface area (Å²) in [6.07, 6.45) is -2.87. The summed E-state index contributed by atoms with van der Waals surface area (Å²) >= 11 is 0. The molecule has 1 aliphatic rings. The van der Waals surface area contributed by atoms with Crippen molar-refractivity contribution in [3.8, 4) is 0 Å². The van der Waals surface area contributed by atoms with E-state index in [0.29, 0.717) is 32.5 Å². The van der Waals surface area contributed by atoms with E-state index in [1.54, 1.807) is 0 Å². The van der Waals surface area contributed by atoms with E-state index in [4.69, 9.17) is 10.5 Å². The lowest BCUT2D eigenvalue weighted by Crippen LogP contribution is -2.57. The molecule has 2 unspecified atom stereocenters. The van der Waals surface area contributed by atoms with Gasteiger partial charge in [0, 0.05) is 25.7 Å². The van der Waals surface area contributed by atoms with Gasteiger partial charge < -0.3 is 10.5 Å². The van der Waals surface area contributed by atoms with Gasteiger partial charge in [-0.3, -0.25) is 4.90 Å². The van der Waals surface area contributed by atoms with Crippen LogP contribution in [0.25, 0.3) is 0 Å². The van der Waals surface area contributed by atoms with Crippen molar-refractivity contribution in [3.63, 3.8) is 0 Å². The Kier molecular flexibility index (Phi) is 5.22. The lowest BCUT2D eigenvalue weighted by Gasteiger charge is -2.39. The van der Waals surface area contributed by atoms with Gasteiger partial charge in [0.2, 0.25) is 0 Å². The minimum absolute atomic E-state index is 0.0956. The van der Waals surface area contributed by atoms with E-state index in [9.17, 15) is 13.2 Å². The van der Waals surface area contributed by atoms with Gasteiger partial charge in [0.25, 0.3) is 0 Å². The first kappa shape index (κ1) is 14.7. The third-order valence-electron chi connectivity index (χ3n) is 3.11. The Balaban J connectivity index is 2.56. The van der Waals surface area contributed by atoms with Crippen molar-refractivity contribution in [1.29, 1.82) is 0 Å². The molecule has 0 aromatic carbocycles. The Morgan fingerprint density at radius 1 is 1.35 bits per heavy atom. The number of likely N-dealkylation sites (tertiary alicyclic amines) is 1. The summed E-state index contributed by atoms with van der Waals surface area (Å²) < 4.78 is 44.0. The molecule has 0 aromatic rings. The molecule has 1 aliphatic heterocycles. The molecule has 0 amide bonds. The second-order valence-corrected chi connectivity index (χ2v) is 4.54. The van der Waals surface area contributed by atoms with Gasteiger partial charge in [-0.25, -0.2) is 0 Å². The third-order valence-corrected chi connectivity index (χ3v) is 3.11. The number of nitrogens with two attached hydrogens (primary N) is 1. The van der Waals surface area contributed by atoms with Crippen molar-refractivity contribution in [1.82, 2.24) is 4.90 Å². The highest BCUT2D eigenvalue weighted by Crippen LogP contribution is 2.29. The predicted molar refractivity (Wildman–Crippen MR) is 59.7 cm³/mol. The summed E-state index contributed by atoms with van der Waals surface area (Å²) in [6, 6.07) is -2.44. The van der Waals surface area contributed by atoms with Crippen LogP contribution >= 0.6 is 0 Å². The molecule has 0 spiro atoms. The zero-order chi connectivity index (χ0) is 13.1. The zero-order valence-corrected chi connectivity index (χ0v) is 10.3. The van der Waals surface area contributed by atoms with Crippen LogP contribution in [0.3, 0.4) is 0 Å². The summed E-state index contributed by atoms with van der Waals surface area (Å²) in [4.78, 5) is 1.43. The molecule has 6 heteroatoms. The number of nitrogens with zero attached hydrogens (tertiary/aromatic N) is 1. The normalized spacial score (nSPS) is 23.6. The van der Waals surface area contributed by atoms with Gasteiger partial charge in [-0.2, -0.15) is 13.2 Å². The van der Waals surface area contributed by atoms with Crippen molar-refractivity contribution >= 4 is 0 Å². The molecule has 102 valence electrons. The van der Waals surface area contributed by atoms with Crippen molar-refractivity contribution in [2.75, 3.05) is 19.7 Å². The minimum atomic E-state index is -4.26. The maximum atomic E-state index is 12.8. The van der Waals surface area contributed by atoms with Gasteiger partial charge in [0.1, 0.15) is 6.04 Å². The van der Waals surface area contributed by atoms with E-state index in [0.717, 1.165) is 0 Å². The summed E-state index contributed by atoms with van der Waals surface area (Å²) in [5.41, 5.74) is 5.45. The van der Waals surface area contributed by atoms with Crippen LogP contribution in [-0.2, 0) is 4.74 Å². The van der Waals surface area contributed by atoms with Gasteiger partial charge in [0.05, 0.1) is 6.10 Å². The van der Waals surface area contributed by atoms with Gasteiger partial charge in [-0.1, -0.05) is 0 Å². The van der Waals surface area contributed by atoms with Gasteiger partial charge in [-0.05, 0) is 26.7 Å². The van der Waals surface area contributed by atoms with Crippen LogP contribution in [0.1, 0.15) is 26.7 Å². The van der Waals surface area contributed by atoms with E-state index in [2.05, 4.69) is 0 Å². The van der Waals surface area contributed by atoms with Gasteiger partial charge >= 0.3 is 6.18 Å². The first-order valence-electron chi connectivity index (χ1n) is 6.04. The largest absolute Gasteiger partial charge is 0.405 e. The quantitative estimate of drug-likeness (QED) is 0.831. The van der Waals surface area contributed by atoms with Crippen LogP contribution < -0.4 is 5.73 Å². The SMILES string of the molecule is CCOC1CCN(C(C(C)N)C(F)(F)F)CC1. The highest BCUT2D eigenvalue weighted by Gasteiger charge is 2.46. The van der Waals surface area contributed by atoms with Crippen LogP contribution in [-0.4, -0.2) is 49.0 Å². The Labute approximate surface area is 100 Å². The smallest absolute Gasteiger partial charge is 0.378 e. The molecule has 0 radical (unpaired) electrons. The van der Waals surface area contributed by atoms with Gasteiger partial charge in [0.15, 0.2) is 0 Å². The van der Waals surface area contributed by atoms with Crippen LogP contribution in [0.2, 0.25) is 0 Å². The van der Waals surface area contributed by atoms with E-state index in [-0.39, 0.29) is 6.10 Å². The molecule has 0 aliphatic carbocycles. The van der Waals surface area contributed by atoms with Crippen molar-refractivity contribution in [2.45, 2.75) is 51.1 Å². The molecule has 1 heterocycles. The standard InChI is InChI=1S/C11H21F3N2O/c1-3-17-9-4-6-16(7-5-9)10(8(2)15)11(12,13)14/h8-10H,3-7,15H2,1-2H3. The Bertz CT molecular complexity index is 225. The van der Waals surface area contributed by atoms with Gasteiger partial charge in [-0.15, -0.1) is 0 Å². The Morgan fingerprint density at radius 2 is 1.88 bits per heavy atom. The predicted octanol–water partition coefficient (Wildman–Crippen LogP) is 1.77. The molecule has 2 atom stereocenters. The number of hydrogen-bond donors (Lipinski definition) is 1. The fourth-order valence-corrected chi connectivity index (χ4v) is 2.39. The topological polar surface area (TPSA) is 38.5 Å². The second kappa shape index (κ2) is 6.02.